The lowest BCUT2D eigenvalue weighted by atomic mass is 10.2. The number of rotatable bonds is 7. The van der Waals surface area contributed by atoms with Crippen LogP contribution in [0.25, 0.3) is 0 Å². The molecule has 0 radical (unpaired) electrons. The van der Waals surface area contributed by atoms with Crippen LogP contribution in [0.3, 0.4) is 0 Å². The van der Waals surface area contributed by atoms with E-state index in [4.69, 9.17) is 0 Å². The zero-order chi connectivity index (χ0) is 15.1. The summed E-state index contributed by atoms with van der Waals surface area (Å²) in [6, 6.07) is 5.01. The number of nitro groups is 1. The van der Waals surface area contributed by atoms with Crippen LogP contribution in [0.2, 0.25) is 0 Å². The van der Waals surface area contributed by atoms with Crippen LogP contribution in [0.4, 0.5) is 5.69 Å². The van der Waals surface area contributed by atoms with Crippen molar-refractivity contribution >= 4 is 27.5 Å². The number of nitrogens with one attached hydrogen (secondary N) is 2. The molecule has 0 saturated heterocycles. The molecule has 2 N–H and O–H groups in total. The van der Waals surface area contributed by atoms with Gasteiger partial charge in [0.15, 0.2) is 0 Å². The standard InChI is InChI=1S/C13H18BrN3O3/c1-9(2)13(18)16-6-5-15-8-10-3-4-11(14)12(7-10)17(19)20/h3-4,7,9,15H,5-6,8H2,1-2H3,(H,16,18). The summed E-state index contributed by atoms with van der Waals surface area (Å²) < 4.78 is 0.468. The smallest absolute Gasteiger partial charge is 0.283 e. The van der Waals surface area contributed by atoms with E-state index in [2.05, 4.69) is 26.6 Å². The SMILES string of the molecule is CC(C)C(=O)NCCNCc1ccc(Br)c([N+](=O)[O-])c1. The Balaban J connectivity index is 2.38. The maximum absolute atomic E-state index is 11.3. The molecule has 1 amide bonds. The summed E-state index contributed by atoms with van der Waals surface area (Å²) in [5, 5.41) is 16.7. The van der Waals surface area contributed by atoms with Gasteiger partial charge in [-0.2, -0.15) is 0 Å². The van der Waals surface area contributed by atoms with Crippen LogP contribution in [0.1, 0.15) is 19.4 Å². The van der Waals surface area contributed by atoms with Gasteiger partial charge in [0.1, 0.15) is 0 Å². The fourth-order valence-corrected chi connectivity index (χ4v) is 1.91. The number of amides is 1. The van der Waals surface area contributed by atoms with Gasteiger partial charge in [0.2, 0.25) is 5.91 Å². The van der Waals surface area contributed by atoms with Gasteiger partial charge in [-0.05, 0) is 27.6 Å². The summed E-state index contributed by atoms with van der Waals surface area (Å²) >= 11 is 3.14. The van der Waals surface area contributed by atoms with Gasteiger partial charge in [0.05, 0.1) is 9.40 Å². The van der Waals surface area contributed by atoms with E-state index in [0.717, 1.165) is 5.56 Å². The fraction of sp³-hybridized carbons (Fsp3) is 0.462. The molecule has 0 heterocycles. The molecule has 0 aliphatic heterocycles. The topological polar surface area (TPSA) is 84.3 Å². The molecule has 1 aromatic carbocycles. The lowest BCUT2D eigenvalue weighted by Gasteiger charge is -2.09. The van der Waals surface area contributed by atoms with Crippen LogP contribution < -0.4 is 10.6 Å². The van der Waals surface area contributed by atoms with Crippen LogP contribution in [-0.4, -0.2) is 23.9 Å². The van der Waals surface area contributed by atoms with E-state index in [1.54, 1.807) is 6.07 Å². The van der Waals surface area contributed by atoms with E-state index in [0.29, 0.717) is 24.1 Å². The van der Waals surface area contributed by atoms with E-state index in [1.165, 1.54) is 6.07 Å². The maximum Gasteiger partial charge on any atom is 0.283 e. The van der Waals surface area contributed by atoms with E-state index >= 15 is 0 Å². The van der Waals surface area contributed by atoms with E-state index in [9.17, 15) is 14.9 Å². The highest BCUT2D eigenvalue weighted by Crippen LogP contribution is 2.25. The summed E-state index contributed by atoms with van der Waals surface area (Å²) in [7, 11) is 0. The highest BCUT2D eigenvalue weighted by molar-refractivity contribution is 9.10. The van der Waals surface area contributed by atoms with Crippen LogP contribution in [-0.2, 0) is 11.3 Å². The largest absolute Gasteiger partial charge is 0.355 e. The Morgan fingerprint density at radius 1 is 1.40 bits per heavy atom. The molecular formula is C13H18BrN3O3. The Bertz CT molecular complexity index is 492. The quantitative estimate of drug-likeness (QED) is 0.451. The molecule has 0 spiro atoms. The number of halogens is 1. The molecule has 6 nitrogen and oxygen atoms in total. The van der Waals surface area contributed by atoms with Crippen molar-refractivity contribution in [3.63, 3.8) is 0 Å². The van der Waals surface area contributed by atoms with Crippen molar-refractivity contribution in [3.8, 4) is 0 Å². The predicted molar refractivity (Wildman–Crippen MR) is 80.4 cm³/mol. The molecule has 0 aliphatic carbocycles. The molecule has 0 unspecified atom stereocenters. The second-order valence-electron chi connectivity index (χ2n) is 4.67. The van der Waals surface area contributed by atoms with Crippen LogP contribution in [0.15, 0.2) is 22.7 Å². The number of nitro benzene ring substituents is 1. The molecule has 1 rings (SSSR count). The first-order valence-electron chi connectivity index (χ1n) is 6.33. The number of benzene rings is 1. The Kier molecular flexibility index (Phi) is 6.60. The number of hydrogen-bond donors (Lipinski definition) is 2. The van der Waals surface area contributed by atoms with Crippen molar-refractivity contribution in [2.75, 3.05) is 13.1 Å². The van der Waals surface area contributed by atoms with Crippen molar-refractivity contribution in [2.45, 2.75) is 20.4 Å². The van der Waals surface area contributed by atoms with Crippen molar-refractivity contribution in [1.29, 1.82) is 0 Å². The first kappa shape index (κ1) is 16.6. The summed E-state index contributed by atoms with van der Waals surface area (Å²) in [6.45, 7) is 5.34. The van der Waals surface area contributed by atoms with Gasteiger partial charge in [0.25, 0.3) is 5.69 Å². The number of carbonyl (C=O) groups excluding carboxylic acids is 1. The third kappa shape index (κ3) is 5.26. The van der Waals surface area contributed by atoms with Gasteiger partial charge in [-0.15, -0.1) is 0 Å². The average Bonchev–Trinajstić information content (AvgIpc) is 2.39. The zero-order valence-corrected chi connectivity index (χ0v) is 13.1. The second-order valence-corrected chi connectivity index (χ2v) is 5.52. The molecule has 0 saturated carbocycles. The van der Waals surface area contributed by atoms with Gasteiger partial charge in [-0.3, -0.25) is 14.9 Å². The molecule has 1 aromatic rings. The van der Waals surface area contributed by atoms with Gasteiger partial charge in [0, 0.05) is 31.6 Å². The molecule has 20 heavy (non-hydrogen) atoms. The normalized spacial score (nSPS) is 10.6. The minimum Gasteiger partial charge on any atom is -0.355 e. The number of nitrogens with zero attached hydrogens (tertiary/aromatic N) is 1. The molecular weight excluding hydrogens is 326 g/mol. The molecule has 0 atom stereocenters. The van der Waals surface area contributed by atoms with E-state index in [-0.39, 0.29) is 17.5 Å². The lowest BCUT2D eigenvalue weighted by Crippen LogP contribution is -2.34. The minimum atomic E-state index is -0.420. The van der Waals surface area contributed by atoms with Gasteiger partial charge >= 0.3 is 0 Å². The Labute approximate surface area is 126 Å². The Hall–Kier alpha value is -1.47. The Morgan fingerprint density at radius 3 is 2.70 bits per heavy atom. The first-order chi connectivity index (χ1) is 9.41. The van der Waals surface area contributed by atoms with E-state index in [1.807, 2.05) is 19.9 Å². The van der Waals surface area contributed by atoms with Crippen LogP contribution in [0.5, 0.6) is 0 Å². The number of hydrogen-bond acceptors (Lipinski definition) is 4. The summed E-state index contributed by atoms with van der Waals surface area (Å²) in [5.74, 6) is -0.00444. The summed E-state index contributed by atoms with van der Waals surface area (Å²) in [4.78, 5) is 21.7. The monoisotopic (exact) mass is 343 g/mol. The van der Waals surface area contributed by atoms with Crippen molar-refractivity contribution in [2.24, 2.45) is 5.92 Å². The molecule has 0 fully saturated rings. The maximum atomic E-state index is 11.3. The molecule has 0 aromatic heterocycles. The van der Waals surface area contributed by atoms with Gasteiger partial charge < -0.3 is 10.6 Å². The molecule has 7 heteroatoms. The fourth-order valence-electron chi connectivity index (χ4n) is 1.52. The van der Waals surface area contributed by atoms with Gasteiger partial charge in [-0.1, -0.05) is 19.9 Å². The highest BCUT2D eigenvalue weighted by Gasteiger charge is 2.12. The lowest BCUT2D eigenvalue weighted by molar-refractivity contribution is -0.385. The van der Waals surface area contributed by atoms with Crippen molar-refractivity contribution < 1.29 is 9.72 Å². The highest BCUT2D eigenvalue weighted by atomic mass is 79.9. The third-order valence-electron chi connectivity index (χ3n) is 2.66. The molecule has 0 bridgehead atoms. The summed E-state index contributed by atoms with van der Waals surface area (Å²) in [6.07, 6.45) is 0. The summed E-state index contributed by atoms with van der Waals surface area (Å²) in [5.41, 5.74) is 0.882. The second kappa shape index (κ2) is 7.96. The third-order valence-corrected chi connectivity index (χ3v) is 3.33. The molecule has 110 valence electrons. The first-order valence-corrected chi connectivity index (χ1v) is 7.12. The zero-order valence-electron chi connectivity index (χ0n) is 11.5. The van der Waals surface area contributed by atoms with Crippen LogP contribution >= 0.6 is 15.9 Å². The predicted octanol–water partition coefficient (Wildman–Crippen LogP) is 2.22. The molecule has 0 aliphatic rings. The van der Waals surface area contributed by atoms with Crippen molar-refractivity contribution in [1.82, 2.24) is 10.6 Å². The van der Waals surface area contributed by atoms with E-state index < -0.39 is 4.92 Å². The Morgan fingerprint density at radius 2 is 2.10 bits per heavy atom. The average molecular weight is 344 g/mol. The van der Waals surface area contributed by atoms with Crippen LogP contribution in [0, 0.1) is 16.0 Å². The van der Waals surface area contributed by atoms with Crippen molar-refractivity contribution in [3.05, 3.63) is 38.3 Å². The number of carbonyl (C=O) groups is 1. The van der Waals surface area contributed by atoms with Gasteiger partial charge in [-0.25, -0.2) is 0 Å². The minimum absolute atomic E-state index is 0.0195.